The fourth-order valence-electron chi connectivity index (χ4n) is 2.00. The van der Waals surface area contributed by atoms with Crippen molar-refractivity contribution in [3.63, 3.8) is 0 Å². The van der Waals surface area contributed by atoms with Gasteiger partial charge in [-0.3, -0.25) is 4.79 Å². The molecule has 0 amide bonds. The average molecular weight is 238 g/mol. The molecule has 1 fully saturated rings. The van der Waals surface area contributed by atoms with E-state index in [4.69, 9.17) is 9.47 Å². The number of carbonyl (C=O) groups excluding carboxylic acids is 2. The summed E-state index contributed by atoms with van der Waals surface area (Å²) in [6.07, 6.45) is 4.31. The first-order valence-corrected chi connectivity index (χ1v) is 6.04. The standard InChI is InChI=1S/C13H18O4/c1-4-13(2,3)12(15)17-10-8-6-5-7-9(8)16-11(10)14/h5,7-10H,4,6H2,1-3H3/t8-,9+,10?/m0/s1. The molecule has 94 valence electrons. The Morgan fingerprint density at radius 3 is 2.94 bits per heavy atom. The molecule has 4 nitrogen and oxygen atoms in total. The van der Waals surface area contributed by atoms with Crippen LogP contribution in [-0.4, -0.2) is 24.1 Å². The maximum absolute atomic E-state index is 11.9. The van der Waals surface area contributed by atoms with Gasteiger partial charge in [-0.1, -0.05) is 13.0 Å². The number of rotatable bonds is 3. The van der Waals surface area contributed by atoms with Crippen LogP contribution in [0.25, 0.3) is 0 Å². The van der Waals surface area contributed by atoms with E-state index in [1.807, 2.05) is 32.9 Å². The van der Waals surface area contributed by atoms with Crippen LogP contribution in [0.3, 0.4) is 0 Å². The fourth-order valence-corrected chi connectivity index (χ4v) is 2.00. The second-order valence-corrected chi connectivity index (χ2v) is 5.29. The van der Waals surface area contributed by atoms with E-state index >= 15 is 0 Å². The minimum atomic E-state index is -0.728. The van der Waals surface area contributed by atoms with Crippen LogP contribution in [0.4, 0.5) is 0 Å². The van der Waals surface area contributed by atoms with Gasteiger partial charge in [0.1, 0.15) is 6.10 Å². The summed E-state index contributed by atoms with van der Waals surface area (Å²) in [4.78, 5) is 23.5. The Bertz CT molecular complexity index is 370. The van der Waals surface area contributed by atoms with Crippen LogP contribution in [0.5, 0.6) is 0 Å². The second-order valence-electron chi connectivity index (χ2n) is 5.29. The average Bonchev–Trinajstić information content (AvgIpc) is 2.82. The van der Waals surface area contributed by atoms with E-state index in [-0.39, 0.29) is 18.0 Å². The van der Waals surface area contributed by atoms with Gasteiger partial charge in [-0.25, -0.2) is 4.79 Å². The Morgan fingerprint density at radius 2 is 2.29 bits per heavy atom. The van der Waals surface area contributed by atoms with Gasteiger partial charge in [-0.2, -0.15) is 0 Å². The van der Waals surface area contributed by atoms with Gasteiger partial charge in [-0.15, -0.1) is 0 Å². The van der Waals surface area contributed by atoms with Gasteiger partial charge in [0, 0.05) is 0 Å². The zero-order chi connectivity index (χ0) is 12.6. The molecular weight excluding hydrogens is 220 g/mol. The molecule has 0 N–H and O–H groups in total. The van der Waals surface area contributed by atoms with E-state index in [9.17, 15) is 9.59 Å². The molecule has 0 aromatic carbocycles. The Balaban J connectivity index is 2.04. The monoisotopic (exact) mass is 238 g/mol. The maximum atomic E-state index is 11.9. The highest BCUT2D eigenvalue weighted by atomic mass is 16.6. The predicted molar refractivity (Wildman–Crippen MR) is 61.1 cm³/mol. The van der Waals surface area contributed by atoms with Crippen LogP contribution >= 0.6 is 0 Å². The number of hydrogen-bond acceptors (Lipinski definition) is 4. The summed E-state index contributed by atoms with van der Waals surface area (Å²) in [5.74, 6) is -0.766. The second kappa shape index (κ2) is 4.17. The molecule has 0 aromatic rings. The zero-order valence-electron chi connectivity index (χ0n) is 10.4. The van der Waals surface area contributed by atoms with Crippen LogP contribution in [0, 0.1) is 11.3 Å². The number of esters is 2. The molecule has 1 unspecified atom stereocenters. The normalized spacial score (nSPS) is 31.2. The number of hydrogen-bond donors (Lipinski definition) is 0. The third-order valence-corrected chi connectivity index (χ3v) is 3.70. The highest BCUT2D eigenvalue weighted by Gasteiger charge is 2.48. The van der Waals surface area contributed by atoms with Crippen molar-refractivity contribution in [2.45, 2.75) is 45.8 Å². The third kappa shape index (κ3) is 2.08. The Morgan fingerprint density at radius 1 is 1.59 bits per heavy atom. The SMILES string of the molecule is CCC(C)(C)C(=O)OC1C(=O)O[C@@H]2C=CC[C@H]12. The minimum absolute atomic E-state index is 0.0286. The summed E-state index contributed by atoms with van der Waals surface area (Å²) >= 11 is 0. The van der Waals surface area contributed by atoms with E-state index in [0.29, 0.717) is 6.42 Å². The lowest BCUT2D eigenvalue weighted by atomic mass is 9.90. The van der Waals surface area contributed by atoms with Gasteiger partial charge >= 0.3 is 11.9 Å². The lowest BCUT2D eigenvalue weighted by Gasteiger charge is -2.23. The Hall–Kier alpha value is -1.32. The zero-order valence-corrected chi connectivity index (χ0v) is 10.4. The van der Waals surface area contributed by atoms with Crippen molar-refractivity contribution in [1.29, 1.82) is 0 Å². The van der Waals surface area contributed by atoms with Crippen LogP contribution < -0.4 is 0 Å². The first kappa shape index (κ1) is 12.1. The number of allylic oxidation sites excluding steroid dienone is 1. The van der Waals surface area contributed by atoms with Gasteiger partial charge in [0.05, 0.1) is 11.3 Å². The van der Waals surface area contributed by atoms with E-state index < -0.39 is 17.5 Å². The van der Waals surface area contributed by atoms with Crippen LogP contribution in [0.1, 0.15) is 33.6 Å². The summed E-state index contributed by atoms with van der Waals surface area (Å²) in [5, 5.41) is 0. The van der Waals surface area contributed by atoms with Crippen molar-refractivity contribution in [2.75, 3.05) is 0 Å². The van der Waals surface area contributed by atoms with E-state index in [0.717, 1.165) is 6.42 Å². The van der Waals surface area contributed by atoms with Gasteiger partial charge in [0.25, 0.3) is 0 Å². The van der Waals surface area contributed by atoms with Crippen LogP contribution in [0.2, 0.25) is 0 Å². The van der Waals surface area contributed by atoms with Gasteiger partial charge in [0.15, 0.2) is 0 Å². The van der Waals surface area contributed by atoms with Crippen molar-refractivity contribution >= 4 is 11.9 Å². The van der Waals surface area contributed by atoms with Gasteiger partial charge in [0.2, 0.25) is 6.10 Å². The Labute approximate surface area is 101 Å². The van der Waals surface area contributed by atoms with Gasteiger partial charge in [-0.05, 0) is 32.8 Å². The first-order chi connectivity index (χ1) is 7.95. The molecule has 0 saturated carbocycles. The highest BCUT2D eigenvalue weighted by molar-refractivity contribution is 5.83. The molecule has 3 atom stereocenters. The van der Waals surface area contributed by atoms with E-state index in [2.05, 4.69) is 0 Å². The molecule has 1 heterocycles. The van der Waals surface area contributed by atoms with Crippen molar-refractivity contribution in [2.24, 2.45) is 11.3 Å². The van der Waals surface area contributed by atoms with E-state index in [1.54, 1.807) is 0 Å². The predicted octanol–water partition coefficient (Wildman–Crippen LogP) is 1.84. The van der Waals surface area contributed by atoms with Crippen LogP contribution in [0.15, 0.2) is 12.2 Å². The van der Waals surface area contributed by atoms with Crippen molar-refractivity contribution in [3.8, 4) is 0 Å². The molecule has 0 aromatic heterocycles. The largest absolute Gasteiger partial charge is 0.455 e. The summed E-state index contributed by atoms with van der Waals surface area (Å²) in [6.45, 7) is 5.56. The lowest BCUT2D eigenvalue weighted by molar-refractivity contribution is -0.168. The summed E-state index contributed by atoms with van der Waals surface area (Å²) < 4.78 is 10.5. The molecule has 2 aliphatic rings. The molecule has 1 aliphatic carbocycles. The van der Waals surface area contributed by atoms with Crippen LogP contribution in [-0.2, 0) is 19.1 Å². The topological polar surface area (TPSA) is 52.6 Å². The van der Waals surface area contributed by atoms with Gasteiger partial charge < -0.3 is 9.47 Å². The molecule has 17 heavy (non-hydrogen) atoms. The molecule has 0 bridgehead atoms. The molecule has 1 aliphatic heterocycles. The molecule has 0 radical (unpaired) electrons. The molecule has 0 spiro atoms. The Kier molecular flexibility index (Phi) is 2.98. The minimum Gasteiger partial charge on any atom is -0.455 e. The fraction of sp³-hybridized carbons (Fsp3) is 0.692. The first-order valence-electron chi connectivity index (χ1n) is 6.04. The number of ether oxygens (including phenoxy) is 2. The quantitative estimate of drug-likeness (QED) is 0.556. The van der Waals surface area contributed by atoms with E-state index in [1.165, 1.54) is 0 Å². The van der Waals surface area contributed by atoms with Crippen molar-refractivity contribution in [3.05, 3.63) is 12.2 Å². The van der Waals surface area contributed by atoms with Crippen molar-refractivity contribution in [1.82, 2.24) is 0 Å². The maximum Gasteiger partial charge on any atom is 0.348 e. The molecule has 2 rings (SSSR count). The third-order valence-electron chi connectivity index (χ3n) is 3.70. The number of carbonyl (C=O) groups is 2. The summed E-state index contributed by atoms with van der Waals surface area (Å²) in [5.41, 5.74) is -0.551. The number of fused-ring (bicyclic) bond motifs is 1. The summed E-state index contributed by atoms with van der Waals surface area (Å²) in [6, 6.07) is 0. The van der Waals surface area contributed by atoms with Crippen molar-refractivity contribution < 1.29 is 19.1 Å². The highest BCUT2D eigenvalue weighted by Crippen LogP contribution is 2.35. The summed E-state index contributed by atoms with van der Waals surface area (Å²) in [7, 11) is 0. The molecular formula is C13H18O4. The lowest BCUT2D eigenvalue weighted by Crippen LogP contribution is -2.35. The smallest absolute Gasteiger partial charge is 0.348 e. The molecule has 1 saturated heterocycles. The molecule has 4 heteroatoms.